The Bertz CT molecular complexity index is 917. The van der Waals surface area contributed by atoms with Crippen LogP contribution in [0.4, 0.5) is 0 Å². The van der Waals surface area contributed by atoms with Gasteiger partial charge in [0.1, 0.15) is 0 Å². The molecule has 0 bridgehead atoms. The number of nitrogens with zero attached hydrogens (tertiary/aromatic N) is 5. The van der Waals surface area contributed by atoms with E-state index in [0.717, 1.165) is 50.7 Å². The van der Waals surface area contributed by atoms with Crippen molar-refractivity contribution in [2.24, 2.45) is 12.0 Å². The number of benzene rings is 1. The first kappa shape index (κ1) is 22.8. The minimum atomic E-state index is 0.233. The number of aliphatic imine (C=N–C) groups is 1. The van der Waals surface area contributed by atoms with Crippen LogP contribution in [0.1, 0.15) is 55.0 Å². The number of nitrogens with one attached hydrogen (secondary N) is 1. The van der Waals surface area contributed by atoms with Gasteiger partial charge in [-0.3, -0.25) is 14.5 Å². The van der Waals surface area contributed by atoms with E-state index in [1.165, 1.54) is 16.7 Å². The molecule has 1 aliphatic rings. The van der Waals surface area contributed by atoms with Gasteiger partial charge < -0.3 is 15.1 Å². The zero-order valence-corrected chi connectivity index (χ0v) is 19.6. The molecule has 0 saturated carbocycles. The summed E-state index contributed by atoms with van der Waals surface area (Å²) in [5.41, 5.74) is 4.98. The Labute approximate surface area is 186 Å². The van der Waals surface area contributed by atoms with Crippen LogP contribution in [0.15, 0.2) is 35.5 Å². The number of amides is 1. The van der Waals surface area contributed by atoms with Crippen molar-refractivity contribution >= 4 is 11.9 Å². The maximum atomic E-state index is 12.6. The number of aryl methyl sites for hydroxylation is 1. The molecule has 7 heteroatoms. The van der Waals surface area contributed by atoms with Crippen molar-refractivity contribution in [1.82, 2.24) is 24.9 Å². The lowest BCUT2D eigenvalue weighted by molar-refractivity contribution is -0.132. The molecule has 2 aromatic rings. The monoisotopic (exact) mass is 424 g/mol. The molecule has 1 amide bonds. The van der Waals surface area contributed by atoms with Gasteiger partial charge in [0.15, 0.2) is 5.96 Å². The van der Waals surface area contributed by atoms with E-state index in [1.807, 2.05) is 23.7 Å². The molecule has 0 atom stereocenters. The normalized spacial score (nSPS) is 14.0. The van der Waals surface area contributed by atoms with Crippen molar-refractivity contribution < 1.29 is 4.79 Å². The zero-order valence-electron chi connectivity index (χ0n) is 19.6. The standard InChI is InChI=1S/C24H36N6O/c1-18(2)23-21(16-29(5)27-23)15-28(4)24(25-3)26-13-8-11-22(31)30-14-12-19-9-6-7-10-20(19)17-30/h6-7,9-10,16,18H,8,11-15,17H2,1-5H3,(H,25,26). The molecule has 1 aromatic carbocycles. The van der Waals surface area contributed by atoms with Gasteiger partial charge in [-0.2, -0.15) is 5.10 Å². The van der Waals surface area contributed by atoms with E-state index in [4.69, 9.17) is 0 Å². The van der Waals surface area contributed by atoms with Gasteiger partial charge in [0.05, 0.1) is 5.69 Å². The Morgan fingerprint density at radius 1 is 1.29 bits per heavy atom. The van der Waals surface area contributed by atoms with E-state index in [1.54, 1.807) is 7.05 Å². The lowest BCUT2D eigenvalue weighted by atomic mass is 9.99. The number of rotatable bonds is 7. The highest BCUT2D eigenvalue weighted by Crippen LogP contribution is 2.20. The van der Waals surface area contributed by atoms with Crippen LogP contribution in [0, 0.1) is 0 Å². The Morgan fingerprint density at radius 3 is 2.74 bits per heavy atom. The van der Waals surface area contributed by atoms with Gasteiger partial charge in [-0.15, -0.1) is 0 Å². The Balaban J connectivity index is 1.44. The summed E-state index contributed by atoms with van der Waals surface area (Å²) in [4.78, 5) is 21.1. The fourth-order valence-electron chi connectivity index (χ4n) is 4.18. The van der Waals surface area contributed by atoms with Crippen LogP contribution in [0.2, 0.25) is 0 Å². The molecule has 1 N–H and O–H groups in total. The second-order valence-electron chi connectivity index (χ2n) is 8.64. The van der Waals surface area contributed by atoms with Crippen LogP contribution in [0.3, 0.4) is 0 Å². The average Bonchev–Trinajstić information content (AvgIpc) is 3.13. The third-order valence-corrected chi connectivity index (χ3v) is 5.80. The maximum absolute atomic E-state index is 12.6. The minimum absolute atomic E-state index is 0.233. The Kier molecular flexibility index (Phi) is 7.71. The van der Waals surface area contributed by atoms with Gasteiger partial charge in [0, 0.05) is 65.5 Å². The Hall–Kier alpha value is -2.83. The number of hydrogen-bond donors (Lipinski definition) is 1. The molecule has 3 rings (SSSR count). The predicted molar refractivity (Wildman–Crippen MR) is 125 cm³/mol. The van der Waals surface area contributed by atoms with Crippen molar-refractivity contribution in [3.8, 4) is 0 Å². The van der Waals surface area contributed by atoms with Gasteiger partial charge in [-0.25, -0.2) is 0 Å². The molecular formula is C24H36N6O. The van der Waals surface area contributed by atoms with Crippen LogP contribution in [-0.2, 0) is 31.4 Å². The van der Waals surface area contributed by atoms with Gasteiger partial charge in [-0.1, -0.05) is 38.1 Å². The predicted octanol–water partition coefficient (Wildman–Crippen LogP) is 2.92. The van der Waals surface area contributed by atoms with E-state index >= 15 is 0 Å². The van der Waals surface area contributed by atoms with Crippen LogP contribution in [-0.4, -0.2) is 58.6 Å². The summed E-state index contributed by atoms with van der Waals surface area (Å²) in [7, 11) is 5.78. The number of aromatic nitrogens is 2. The molecule has 0 fully saturated rings. The number of fused-ring (bicyclic) bond motifs is 1. The fraction of sp³-hybridized carbons (Fsp3) is 0.542. The van der Waals surface area contributed by atoms with Crippen molar-refractivity contribution in [3.05, 3.63) is 52.8 Å². The summed E-state index contributed by atoms with van der Waals surface area (Å²) in [6.45, 7) is 7.34. The van der Waals surface area contributed by atoms with Gasteiger partial charge in [0.2, 0.25) is 5.91 Å². The fourth-order valence-corrected chi connectivity index (χ4v) is 4.18. The van der Waals surface area contributed by atoms with Crippen molar-refractivity contribution in [2.75, 3.05) is 27.2 Å². The van der Waals surface area contributed by atoms with E-state index in [9.17, 15) is 4.79 Å². The molecule has 0 saturated heterocycles. The zero-order chi connectivity index (χ0) is 22.4. The Morgan fingerprint density at radius 2 is 2.03 bits per heavy atom. The lowest BCUT2D eigenvalue weighted by Gasteiger charge is -2.29. The number of carbonyl (C=O) groups excluding carboxylic acids is 1. The second-order valence-corrected chi connectivity index (χ2v) is 8.64. The molecule has 1 aliphatic heterocycles. The molecular weight excluding hydrogens is 388 g/mol. The number of guanidine groups is 1. The summed E-state index contributed by atoms with van der Waals surface area (Å²) in [6.07, 6.45) is 4.36. The summed E-state index contributed by atoms with van der Waals surface area (Å²) in [5.74, 6) is 1.45. The molecule has 2 heterocycles. The topological polar surface area (TPSA) is 65.8 Å². The van der Waals surface area contributed by atoms with Crippen LogP contribution < -0.4 is 5.32 Å². The maximum Gasteiger partial charge on any atom is 0.222 e. The molecule has 0 radical (unpaired) electrons. The van der Waals surface area contributed by atoms with Crippen molar-refractivity contribution in [3.63, 3.8) is 0 Å². The molecule has 168 valence electrons. The number of carbonyl (C=O) groups is 1. The second kappa shape index (κ2) is 10.5. The van der Waals surface area contributed by atoms with Crippen LogP contribution >= 0.6 is 0 Å². The first-order valence-electron chi connectivity index (χ1n) is 11.2. The molecule has 1 aromatic heterocycles. The quantitative estimate of drug-likeness (QED) is 0.422. The van der Waals surface area contributed by atoms with E-state index in [2.05, 4.69) is 64.6 Å². The van der Waals surface area contributed by atoms with Crippen molar-refractivity contribution in [1.29, 1.82) is 0 Å². The van der Waals surface area contributed by atoms with Crippen LogP contribution in [0.5, 0.6) is 0 Å². The smallest absolute Gasteiger partial charge is 0.222 e. The molecule has 0 aliphatic carbocycles. The largest absolute Gasteiger partial charge is 0.356 e. The third kappa shape index (κ3) is 5.87. The summed E-state index contributed by atoms with van der Waals surface area (Å²) in [5, 5.41) is 7.99. The molecule has 0 unspecified atom stereocenters. The SMILES string of the molecule is CN=C(NCCCC(=O)N1CCc2ccccc2C1)N(C)Cc1cn(C)nc1C(C)C. The van der Waals surface area contributed by atoms with E-state index in [0.29, 0.717) is 12.3 Å². The molecule has 31 heavy (non-hydrogen) atoms. The van der Waals surface area contributed by atoms with E-state index in [-0.39, 0.29) is 5.91 Å². The highest BCUT2D eigenvalue weighted by Gasteiger charge is 2.20. The summed E-state index contributed by atoms with van der Waals surface area (Å²) >= 11 is 0. The highest BCUT2D eigenvalue weighted by atomic mass is 16.2. The molecule has 7 nitrogen and oxygen atoms in total. The first-order chi connectivity index (χ1) is 14.9. The van der Waals surface area contributed by atoms with Gasteiger partial charge in [0.25, 0.3) is 0 Å². The molecule has 0 spiro atoms. The summed E-state index contributed by atoms with van der Waals surface area (Å²) < 4.78 is 1.87. The lowest BCUT2D eigenvalue weighted by Crippen LogP contribution is -2.40. The third-order valence-electron chi connectivity index (χ3n) is 5.80. The van der Waals surface area contributed by atoms with E-state index < -0.39 is 0 Å². The minimum Gasteiger partial charge on any atom is -0.356 e. The van der Waals surface area contributed by atoms with Crippen molar-refractivity contribution in [2.45, 2.75) is 52.1 Å². The van der Waals surface area contributed by atoms with Crippen LogP contribution in [0.25, 0.3) is 0 Å². The highest BCUT2D eigenvalue weighted by molar-refractivity contribution is 5.80. The average molecular weight is 425 g/mol. The summed E-state index contributed by atoms with van der Waals surface area (Å²) in [6, 6.07) is 8.42. The number of hydrogen-bond acceptors (Lipinski definition) is 3. The van der Waals surface area contributed by atoms with Gasteiger partial charge in [-0.05, 0) is 29.9 Å². The van der Waals surface area contributed by atoms with Gasteiger partial charge >= 0.3 is 0 Å². The first-order valence-corrected chi connectivity index (χ1v) is 11.2.